The Balaban J connectivity index is 1.99. The van der Waals surface area contributed by atoms with Gasteiger partial charge in [-0.25, -0.2) is 0 Å². The number of hydrogen-bond donors (Lipinski definition) is 0. The van der Waals surface area contributed by atoms with E-state index in [1.165, 1.54) is 44.9 Å². The molecular formula is C15H28O2. The van der Waals surface area contributed by atoms with Crippen molar-refractivity contribution in [1.82, 2.24) is 0 Å². The van der Waals surface area contributed by atoms with Crippen molar-refractivity contribution in [3.05, 3.63) is 0 Å². The van der Waals surface area contributed by atoms with E-state index in [0.29, 0.717) is 5.92 Å². The van der Waals surface area contributed by atoms with Gasteiger partial charge in [0.25, 0.3) is 0 Å². The fourth-order valence-corrected chi connectivity index (χ4v) is 4.30. The number of hydrogen-bond acceptors (Lipinski definition) is 2. The molecule has 2 fully saturated rings. The maximum atomic E-state index is 5.41. The van der Waals surface area contributed by atoms with Gasteiger partial charge in [-0.1, -0.05) is 32.1 Å². The molecule has 0 bridgehead atoms. The highest BCUT2D eigenvalue weighted by atomic mass is 16.5. The molecule has 0 N–H and O–H groups in total. The molecule has 0 spiro atoms. The van der Waals surface area contributed by atoms with Gasteiger partial charge in [0.05, 0.1) is 13.2 Å². The molecular weight excluding hydrogens is 212 g/mol. The van der Waals surface area contributed by atoms with Crippen molar-refractivity contribution in [1.29, 1.82) is 0 Å². The normalized spacial score (nSPS) is 33.7. The summed E-state index contributed by atoms with van der Waals surface area (Å²) >= 11 is 0. The van der Waals surface area contributed by atoms with Gasteiger partial charge in [0, 0.05) is 20.1 Å². The van der Waals surface area contributed by atoms with Crippen LogP contribution >= 0.6 is 0 Å². The Kier molecular flexibility index (Phi) is 5.30. The molecule has 17 heavy (non-hydrogen) atoms. The Morgan fingerprint density at radius 3 is 2.24 bits per heavy atom. The first-order valence-electron chi connectivity index (χ1n) is 7.34. The van der Waals surface area contributed by atoms with Gasteiger partial charge in [-0.3, -0.25) is 0 Å². The Labute approximate surface area is 106 Å². The molecule has 0 amide bonds. The fraction of sp³-hybridized carbons (Fsp3) is 1.00. The van der Waals surface area contributed by atoms with E-state index in [-0.39, 0.29) is 0 Å². The molecule has 3 unspecified atom stereocenters. The van der Waals surface area contributed by atoms with E-state index in [1.54, 1.807) is 0 Å². The molecule has 2 aliphatic carbocycles. The number of ether oxygens (including phenoxy) is 2. The first-order chi connectivity index (χ1) is 8.36. The Morgan fingerprint density at radius 2 is 1.53 bits per heavy atom. The molecule has 0 aromatic heterocycles. The predicted octanol–water partition coefficient (Wildman–Crippen LogP) is 3.50. The summed E-state index contributed by atoms with van der Waals surface area (Å²) in [6, 6.07) is 0. The van der Waals surface area contributed by atoms with Crippen LogP contribution in [-0.2, 0) is 9.47 Å². The highest BCUT2D eigenvalue weighted by Crippen LogP contribution is 2.46. The van der Waals surface area contributed by atoms with Gasteiger partial charge >= 0.3 is 0 Å². The van der Waals surface area contributed by atoms with E-state index in [2.05, 4.69) is 0 Å². The SMILES string of the molecule is COCC(COC)C1CCCC2CCCCC21. The molecule has 0 aromatic rings. The van der Waals surface area contributed by atoms with Crippen LogP contribution in [0.1, 0.15) is 44.9 Å². The topological polar surface area (TPSA) is 18.5 Å². The van der Waals surface area contributed by atoms with Gasteiger partial charge < -0.3 is 9.47 Å². The summed E-state index contributed by atoms with van der Waals surface area (Å²) in [7, 11) is 3.65. The standard InChI is InChI=1S/C15H28O2/c1-16-10-13(11-17-2)15-9-5-7-12-6-3-4-8-14(12)15/h12-15H,3-11H2,1-2H3. The fourth-order valence-electron chi connectivity index (χ4n) is 4.30. The summed E-state index contributed by atoms with van der Waals surface area (Å²) in [4.78, 5) is 0. The molecule has 0 aromatic carbocycles. The predicted molar refractivity (Wildman–Crippen MR) is 70.0 cm³/mol. The quantitative estimate of drug-likeness (QED) is 0.732. The van der Waals surface area contributed by atoms with Crippen LogP contribution in [-0.4, -0.2) is 27.4 Å². The maximum absolute atomic E-state index is 5.41. The molecule has 0 heterocycles. The minimum absolute atomic E-state index is 0.621. The van der Waals surface area contributed by atoms with Crippen LogP contribution in [0.4, 0.5) is 0 Å². The summed E-state index contributed by atoms with van der Waals surface area (Å²) in [6.45, 7) is 1.75. The lowest BCUT2D eigenvalue weighted by Gasteiger charge is -2.44. The molecule has 2 nitrogen and oxygen atoms in total. The van der Waals surface area contributed by atoms with E-state index < -0.39 is 0 Å². The van der Waals surface area contributed by atoms with E-state index in [9.17, 15) is 0 Å². The summed E-state index contributed by atoms with van der Waals surface area (Å²) in [5.41, 5.74) is 0. The van der Waals surface area contributed by atoms with Gasteiger partial charge in [0.15, 0.2) is 0 Å². The van der Waals surface area contributed by atoms with E-state index in [0.717, 1.165) is 31.0 Å². The van der Waals surface area contributed by atoms with Gasteiger partial charge in [0.2, 0.25) is 0 Å². The van der Waals surface area contributed by atoms with Crippen LogP contribution in [0.3, 0.4) is 0 Å². The number of methoxy groups -OCH3 is 2. The second-order valence-electron chi connectivity index (χ2n) is 5.97. The van der Waals surface area contributed by atoms with Gasteiger partial charge in [0.1, 0.15) is 0 Å². The van der Waals surface area contributed by atoms with Crippen LogP contribution in [0.5, 0.6) is 0 Å². The zero-order valence-electron chi connectivity index (χ0n) is 11.5. The second kappa shape index (κ2) is 6.75. The van der Waals surface area contributed by atoms with Crippen LogP contribution in [0, 0.1) is 23.7 Å². The average Bonchev–Trinajstić information content (AvgIpc) is 2.38. The molecule has 2 heteroatoms. The van der Waals surface area contributed by atoms with Crippen LogP contribution in [0.15, 0.2) is 0 Å². The monoisotopic (exact) mass is 240 g/mol. The van der Waals surface area contributed by atoms with Crippen molar-refractivity contribution < 1.29 is 9.47 Å². The summed E-state index contributed by atoms with van der Waals surface area (Å²) in [6.07, 6.45) is 10.2. The van der Waals surface area contributed by atoms with E-state index >= 15 is 0 Å². The number of rotatable bonds is 5. The third-order valence-electron chi connectivity index (χ3n) is 5.00. The Morgan fingerprint density at radius 1 is 0.882 bits per heavy atom. The molecule has 2 aliphatic rings. The largest absolute Gasteiger partial charge is 0.384 e. The highest BCUT2D eigenvalue weighted by Gasteiger charge is 2.38. The summed E-state index contributed by atoms with van der Waals surface area (Å²) in [5.74, 6) is 3.45. The minimum Gasteiger partial charge on any atom is -0.384 e. The highest BCUT2D eigenvalue weighted by molar-refractivity contribution is 4.88. The van der Waals surface area contributed by atoms with Crippen molar-refractivity contribution in [2.75, 3.05) is 27.4 Å². The van der Waals surface area contributed by atoms with Crippen molar-refractivity contribution >= 4 is 0 Å². The molecule has 2 rings (SSSR count). The van der Waals surface area contributed by atoms with E-state index in [1.807, 2.05) is 14.2 Å². The zero-order chi connectivity index (χ0) is 12.1. The Bertz CT molecular complexity index is 209. The van der Waals surface area contributed by atoms with Crippen molar-refractivity contribution in [3.8, 4) is 0 Å². The average molecular weight is 240 g/mol. The van der Waals surface area contributed by atoms with Gasteiger partial charge in [-0.15, -0.1) is 0 Å². The molecule has 3 atom stereocenters. The molecule has 100 valence electrons. The molecule has 2 saturated carbocycles. The smallest absolute Gasteiger partial charge is 0.0515 e. The summed E-state index contributed by atoms with van der Waals surface area (Å²) in [5, 5.41) is 0. The van der Waals surface area contributed by atoms with Crippen molar-refractivity contribution in [2.24, 2.45) is 23.7 Å². The van der Waals surface area contributed by atoms with E-state index in [4.69, 9.17) is 9.47 Å². The van der Waals surface area contributed by atoms with Crippen LogP contribution < -0.4 is 0 Å². The lowest BCUT2D eigenvalue weighted by Crippen LogP contribution is -2.38. The third-order valence-corrected chi connectivity index (χ3v) is 5.00. The minimum atomic E-state index is 0.621. The van der Waals surface area contributed by atoms with Crippen LogP contribution in [0.25, 0.3) is 0 Å². The third kappa shape index (κ3) is 3.23. The lowest BCUT2D eigenvalue weighted by atomic mass is 9.62. The lowest BCUT2D eigenvalue weighted by molar-refractivity contribution is -0.00718. The first-order valence-corrected chi connectivity index (χ1v) is 7.34. The van der Waals surface area contributed by atoms with Crippen molar-refractivity contribution in [3.63, 3.8) is 0 Å². The second-order valence-corrected chi connectivity index (χ2v) is 5.97. The maximum Gasteiger partial charge on any atom is 0.0515 e. The van der Waals surface area contributed by atoms with Gasteiger partial charge in [-0.05, 0) is 30.6 Å². The zero-order valence-corrected chi connectivity index (χ0v) is 11.5. The Hall–Kier alpha value is -0.0800. The van der Waals surface area contributed by atoms with Crippen LogP contribution in [0.2, 0.25) is 0 Å². The summed E-state index contributed by atoms with van der Waals surface area (Å²) < 4.78 is 10.8. The molecule has 0 saturated heterocycles. The van der Waals surface area contributed by atoms with Gasteiger partial charge in [-0.2, -0.15) is 0 Å². The number of fused-ring (bicyclic) bond motifs is 1. The molecule has 0 aliphatic heterocycles. The first kappa shape index (κ1) is 13.4. The van der Waals surface area contributed by atoms with Crippen molar-refractivity contribution in [2.45, 2.75) is 44.9 Å². The molecule has 0 radical (unpaired) electrons.